The molecule has 0 aromatic heterocycles. The lowest BCUT2D eigenvalue weighted by molar-refractivity contribution is -0.136. The van der Waals surface area contributed by atoms with Crippen molar-refractivity contribution in [2.24, 2.45) is 0 Å². The summed E-state index contributed by atoms with van der Waals surface area (Å²) in [6.45, 7) is 10.4. The van der Waals surface area contributed by atoms with Crippen LogP contribution in [0.4, 0.5) is 4.39 Å². The molecule has 0 aliphatic heterocycles. The molecular weight excluding hydrogens is 291 g/mol. The molecule has 0 amide bonds. The van der Waals surface area contributed by atoms with Gasteiger partial charge >= 0.3 is 5.97 Å². The van der Waals surface area contributed by atoms with Gasteiger partial charge in [0.15, 0.2) is 5.75 Å². The van der Waals surface area contributed by atoms with Crippen molar-refractivity contribution >= 4 is 14.3 Å². The Morgan fingerprint density at radius 3 is 2.29 bits per heavy atom. The van der Waals surface area contributed by atoms with Gasteiger partial charge in [-0.25, -0.2) is 4.39 Å². The fourth-order valence-electron chi connectivity index (χ4n) is 1.54. The fourth-order valence-corrected chi connectivity index (χ4v) is 2.56. The molecule has 21 heavy (non-hydrogen) atoms. The number of carbonyl (C=O) groups is 1. The van der Waals surface area contributed by atoms with Crippen molar-refractivity contribution < 1.29 is 23.5 Å². The smallest absolute Gasteiger partial charge is 0.307 e. The second kappa shape index (κ2) is 6.05. The maximum absolute atomic E-state index is 14.0. The minimum absolute atomic E-state index is 0.0335. The number of rotatable bonds is 5. The van der Waals surface area contributed by atoms with E-state index in [4.69, 9.17) is 14.3 Å². The van der Waals surface area contributed by atoms with Crippen LogP contribution in [0, 0.1) is 5.82 Å². The van der Waals surface area contributed by atoms with Crippen LogP contribution in [0.3, 0.4) is 0 Å². The summed E-state index contributed by atoms with van der Waals surface area (Å²) in [7, 11) is -0.674. The van der Waals surface area contributed by atoms with Gasteiger partial charge in [0.2, 0.25) is 0 Å². The third-order valence-electron chi connectivity index (χ3n) is 3.85. The molecule has 0 bridgehead atoms. The molecule has 6 heteroatoms. The van der Waals surface area contributed by atoms with E-state index >= 15 is 0 Å². The lowest BCUT2D eigenvalue weighted by atomic mass is 10.1. The molecule has 0 aliphatic rings. The molecule has 0 radical (unpaired) electrons. The van der Waals surface area contributed by atoms with E-state index in [9.17, 15) is 9.18 Å². The molecule has 1 N–H and O–H groups in total. The quantitative estimate of drug-likeness (QED) is 0.839. The minimum atomic E-state index is -2.13. The van der Waals surface area contributed by atoms with Crippen LogP contribution in [-0.4, -0.2) is 26.5 Å². The maximum atomic E-state index is 14.0. The van der Waals surface area contributed by atoms with Gasteiger partial charge in [0.1, 0.15) is 11.6 Å². The van der Waals surface area contributed by atoms with E-state index in [1.807, 2.05) is 0 Å². The molecule has 0 unspecified atom stereocenters. The Labute approximate surface area is 126 Å². The first-order valence-electron chi connectivity index (χ1n) is 6.75. The standard InChI is InChI=1S/C15H23FO4Si/c1-15(2,3)21(5,6)20-13-9-11(16)10(8-14(17)18)7-12(13)19-4/h7,9H,8H2,1-6H3,(H,17,18). The number of halogens is 1. The van der Waals surface area contributed by atoms with Crippen molar-refractivity contribution in [1.29, 1.82) is 0 Å². The Kier molecular flexibility index (Phi) is 5.04. The molecule has 0 saturated heterocycles. The van der Waals surface area contributed by atoms with E-state index in [1.54, 1.807) is 0 Å². The zero-order valence-corrected chi connectivity index (χ0v) is 14.4. The molecule has 0 atom stereocenters. The van der Waals surface area contributed by atoms with Crippen LogP contribution in [0.1, 0.15) is 26.3 Å². The van der Waals surface area contributed by atoms with Gasteiger partial charge in [0.25, 0.3) is 8.32 Å². The number of benzene rings is 1. The van der Waals surface area contributed by atoms with Crippen LogP contribution in [0.25, 0.3) is 0 Å². The van der Waals surface area contributed by atoms with Crippen LogP contribution in [-0.2, 0) is 11.2 Å². The summed E-state index contributed by atoms with van der Waals surface area (Å²) >= 11 is 0. The van der Waals surface area contributed by atoms with Gasteiger partial charge in [-0.2, -0.15) is 0 Å². The Morgan fingerprint density at radius 2 is 1.86 bits per heavy atom. The van der Waals surface area contributed by atoms with Gasteiger partial charge in [-0.05, 0) is 24.2 Å². The Hall–Kier alpha value is -1.56. The van der Waals surface area contributed by atoms with E-state index in [2.05, 4.69) is 33.9 Å². The van der Waals surface area contributed by atoms with Crippen LogP contribution >= 0.6 is 0 Å². The van der Waals surface area contributed by atoms with Crippen molar-refractivity contribution in [3.05, 3.63) is 23.5 Å². The van der Waals surface area contributed by atoms with Crippen molar-refractivity contribution in [3.63, 3.8) is 0 Å². The van der Waals surface area contributed by atoms with Gasteiger partial charge in [0.05, 0.1) is 13.5 Å². The van der Waals surface area contributed by atoms with E-state index in [0.29, 0.717) is 11.5 Å². The van der Waals surface area contributed by atoms with Crippen LogP contribution < -0.4 is 9.16 Å². The highest BCUT2D eigenvalue weighted by Crippen LogP contribution is 2.40. The van der Waals surface area contributed by atoms with Crippen LogP contribution in [0.5, 0.6) is 11.5 Å². The largest absolute Gasteiger partial charge is 0.541 e. The van der Waals surface area contributed by atoms with Crippen molar-refractivity contribution in [1.82, 2.24) is 0 Å². The Bertz CT molecular complexity index is 535. The molecule has 1 rings (SSSR count). The van der Waals surface area contributed by atoms with Gasteiger partial charge in [0, 0.05) is 11.6 Å². The lowest BCUT2D eigenvalue weighted by Gasteiger charge is -2.36. The summed E-state index contributed by atoms with van der Waals surface area (Å²) in [5.74, 6) is -0.992. The molecule has 0 fully saturated rings. The van der Waals surface area contributed by atoms with Crippen molar-refractivity contribution in [3.8, 4) is 11.5 Å². The van der Waals surface area contributed by atoms with Gasteiger partial charge in [-0.15, -0.1) is 0 Å². The summed E-state index contributed by atoms with van der Waals surface area (Å²) in [5, 5.41) is 8.75. The number of hydrogen-bond acceptors (Lipinski definition) is 3. The third-order valence-corrected chi connectivity index (χ3v) is 8.19. The monoisotopic (exact) mass is 314 g/mol. The number of aliphatic carboxylic acids is 1. The van der Waals surface area contributed by atoms with Gasteiger partial charge in [-0.1, -0.05) is 20.8 Å². The fraction of sp³-hybridized carbons (Fsp3) is 0.533. The van der Waals surface area contributed by atoms with Crippen molar-refractivity contribution in [2.75, 3.05) is 7.11 Å². The Morgan fingerprint density at radius 1 is 1.29 bits per heavy atom. The molecule has 118 valence electrons. The third kappa shape index (κ3) is 4.20. The number of hydrogen-bond donors (Lipinski definition) is 1. The van der Waals surface area contributed by atoms with Crippen molar-refractivity contribution in [2.45, 2.75) is 45.3 Å². The highest BCUT2D eigenvalue weighted by Gasteiger charge is 2.39. The predicted octanol–water partition coefficient (Wildman–Crippen LogP) is 3.85. The summed E-state index contributed by atoms with van der Waals surface area (Å²) in [6, 6.07) is 2.61. The van der Waals surface area contributed by atoms with Crippen LogP contribution in [0.15, 0.2) is 12.1 Å². The SMILES string of the molecule is COc1cc(CC(=O)O)c(F)cc1O[Si](C)(C)C(C)(C)C. The predicted molar refractivity (Wildman–Crippen MR) is 82.1 cm³/mol. The summed E-state index contributed by atoms with van der Waals surface area (Å²) in [5.41, 5.74) is 0.0851. The van der Waals surface area contributed by atoms with Gasteiger partial charge < -0.3 is 14.3 Å². The molecule has 1 aromatic rings. The summed E-state index contributed by atoms with van der Waals surface area (Å²) < 4.78 is 25.3. The zero-order chi connectivity index (χ0) is 16.4. The zero-order valence-electron chi connectivity index (χ0n) is 13.4. The molecule has 0 saturated carbocycles. The van der Waals surface area contributed by atoms with Gasteiger partial charge in [-0.3, -0.25) is 4.79 Å². The summed E-state index contributed by atoms with van der Waals surface area (Å²) in [4.78, 5) is 10.7. The minimum Gasteiger partial charge on any atom is -0.541 e. The first kappa shape index (κ1) is 17.5. The molecule has 1 aromatic carbocycles. The highest BCUT2D eigenvalue weighted by molar-refractivity contribution is 6.74. The summed E-state index contributed by atoms with van der Waals surface area (Å²) in [6.07, 6.45) is -0.386. The highest BCUT2D eigenvalue weighted by atomic mass is 28.4. The molecule has 0 aliphatic carbocycles. The Balaban J connectivity index is 3.20. The molecule has 0 spiro atoms. The van der Waals surface area contributed by atoms with E-state index < -0.39 is 20.1 Å². The molecule has 4 nitrogen and oxygen atoms in total. The first-order valence-corrected chi connectivity index (χ1v) is 9.66. The average molecular weight is 314 g/mol. The first-order chi connectivity index (χ1) is 9.48. The number of methoxy groups -OCH3 is 1. The molecular formula is C15H23FO4Si. The van der Waals surface area contributed by atoms with E-state index in [-0.39, 0.29) is 17.0 Å². The second-order valence-electron chi connectivity index (χ2n) is 6.53. The van der Waals surface area contributed by atoms with E-state index in [0.717, 1.165) is 0 Å². The normalized spacial score (nSPS) is 12.1. The number of carboxylic acids is 1. The number of carboxylic acid groups (broad SMARTS) is 1. The molecule has 0 heterocycles. The second-order valence-corrected chi connectivity index (χ2v) is 11.3. The maximum Gasteiger partial charge on any atom is 0.307 e. The number of ether oxygens (including phenoxy) is 1. The lowest BCUT2D eigenvalue weighted by Crippen LogP contribution is -2.44. The topological polar surface area (TPSA) is 55.8 Å². The van der Waals surface area contributed by atoms with Crippen LogP contribution in [0.2, 0.25) is 18.1 Å². The average Bonchev–Trinajstić information content (AvgIpc) is 2.30. The van der Waals surface area contributed by atoms with E-state index in [1.165, 1.54) is 19.2 Å².